The fraction of sp³-hybridized carbons (Fsp3) is 0.533. The van der Waals surface area contributed by atoms with Crippen molar-refractivity contribution < 1.29 is 4.74 Å². The minimum atomic E-state index is 0.620. The third kappa shape index (κ3) is 5.64. The molecule has 4 heteroatoms. The van der Waals surface area contributed by atoms with E-state index in [9.17, 15) is 0 Å². The first kappa shape index (κ1) is 15.3. The summed E-state index contributed by atoms with van der Waals surface area (Å²) >= 11 is 0. The summed E-state index contributed by atoms with van der Waals surface area (Å²) in [6.45, 7) is 9.29. The SMILES string of the molecule is CCCNC(=NCc1ccccc1OCC)NCC. The second-order valence-electron chi connectivity index (χ2n) is 4.16. The molecule has 1 aromatic carbocycles. The molecule has 1 rings (SSSR count). The van der Waals surface area contributed by atoms with E-state index >= 15 is 0 Å². The lowest BCUT2D eigenvalue weighted by Gasteiger charge is -2.11. The van der Waals surface area contributed by atoms with Gasteiger partial charge in [-0.1, -0.05) is 25.1 Å². The standard InChI is InChI=1S/C15H25N3O/c1-4-11-17-15(16-5-2)18-12-13-9-7-8-10-14(13)19-6-3/h7-10H,4-6,11-12H2,1-3H3,(H2,16,17,18). The Morgan fingerprint density at radius 3 is 2.63 bits per heavy atom. The van der Waals surface area contributed by atoms with Crippen LogP contribution in [0, 0.1) is 0 Å². The summed E-state index contributed by atoms with van der Waals surface area (Å²) in [5.41, 5.74) is 1.11. The van der Waals surface area contributed by atoms with Gasteiger partial charge >= 0.3 is 0 Å². The van der Waals surface area contributed by atoms with E-state index in [2.05, 4.69) is 35.5 Å². The largest absolute Gasteiger partial charge is 0.494 e. The zero-order valence-electron chi connectivity index (χ0n) is 12.2. The Morgan fingerprint density at radius 1 is 1.16 bits per heavy atom. The van der Waals surface area contributed by atoms with Gasteiger partial charge in [0.05, 0.1) is 13.2 Å². The molecule has 0 aliphatic heterocycles. The van der Waals surface area contributed by atoms with Gasteiger partial charge in [0.25, 0.3) is 0 Å². The van der Waals surface area contributed by atoms with E-state index in [4.69, 9.17) is 4.74 Å². The molecule has 106 valence electrons. The fourth-order valence-corrected chi connectivity index (χ4v) is 1.68. The Kier molecular flexibility index (Phi) is 7.47. The second kappa shape index (κ2) is 9.25. The molecule has 0 aliphatic rings. The lowest BCUT2D eigenvalue weighted by atomic mass is 10.2. The summed E-state index contributed by atoms with van der Waals surface area (Å²) in [5, 5.41) is 6.53. The molecule has 19 heavy (non-hydrogen) atoms. The second-order valence-corrected chi connectivity index (χ2v) is 4.16. The topological polar surface area (TPSA) is 45.7 Å². The van der Waals surface area contributed by atoms with Crippen molar-refractivity contribution in [1.82, 2.24) is 10.6 Å². The number of hydrogen-bond donors (Lipinski definition) is 2. The highest BCUT2D eigenvalue weighted by Crippen LogP contribution is 2.18. The van der Waals surface area contributed by atoms with Crippen LogP contribution in [-0.2, 0) is 6.54 Å². The van der Waals surface area contributed by atoms with Crippen LogP contribution < -0.4 is 15.4 Å². The Hall–Kier alpha value is -1.71. The van der Waals surface area contributed by atoms with E-state index in [0.717, 1.165) is 36.8 Å². The van der Waals surface area contributed by atoms with Crippen LogP contribution in [-0.4, -0.2) is 25.7 Å². The van der Waals surface area contributed by atoms with Gasteiger partial charge in [-0.2, -0.15) is 0 Å². The van der Waals surface area contributed by atoms with Crippen molar-refractivity contribution in [1.29, 1.82) is 0 Å². The summed E-state index contributed by atoms with van der Waals surface area (Å²) in [7, 11) is 0. The molecule has 0 aromatic heterocycles. The van der Waals surface area contributed by atoms with E-state index in [1.165, 1.54) is 0 Å². The number of nitrogens with zero attached hydrogens (tertiary/aromatic N) is 1. The van der Waals surface area contributed by atoms with E-state index in [0.29, 0.717) is 13.2 Å². The molecular formula is C15H25N3O. The number of benzene rings is 1. The van der Waals surface area contributed by atoms with Crippen molar-refractivity contribution in [2.45, 2.75) is 33.7 Å². The molecule has 0 unspecified atom stereocenters. The number of aliphatic imine (C=N–C) groups is 1. The molecule has 0 spiro atoms. The van der Waals surface area contributed by atoms with Crippen molar-refractivity contribution in [3.8, 4) is 5.75 Å². The summed E-state index contributed by atoms with van der Waals surface area (Å²) in [6, 6.07) is 8.04. The minimum Gasteiger partial charge on any atom is -0.494 e. The van der Waals surface area contributed by atoms with Crippen molar-refractivity contribution in [2.24, 2.45) is 4.99 Å². The number of nitrogens with one attached hydrogen (secondary N) is 2. The van der Waals surface area contributed by atoms with Gasteiger partial charge in [-0.05, 0) is 26.3 Å². The monoisotopic (exact) mass is 263 g/mol. The van der Waals surface area contributed by atoms with E-state index in [-0.39, 0.29) is 0 Å². The van der Waals surface area contributed by atoms with Gasteiger partial charge < -0.3 is 15.4 Å². The summed E-state index contributed by atoms with van der Waals surface area (Å²) in [4.78, 5) is 4.58. The Bertz CT molecular complexity index is 391. The molecular weight excluding hydrogens is 238 g/mol. The average molecular weight is 263 g/mol. The van der Waals surface area contributed by atoms with Crippen LogP contribution in [0.25, 0.3) is 0 Å². The first-order valence-electron chi connectivity index (χ1n) is 7.04. The van der Waals surface area contributed by atoms with Gasteiger partial charge in [0, 0.05) is 18.7 Å². The Balaban J connectivity index is 2.70. The first-order chi connectivity index (χ1) is 9.31. The number of rotatable bonds is 7. The summed E-state index contributed by atoms with van der Waals surface area (Å²) in [6.07, 6.45) is 1.08. The molecule has 4 nitrogen and oxygen atoms in total. The van der Waals surface area contributed by atoms with Gasteiger partial charge in [-0.3, -0.25) is 0 Å². The number of hydrogen-bond acceptors (Lipinski definition) is 2. The average Bonchev–Trinajstić information content (AvgIpc) is 2.43. The number of guanidine groups is 1. The number of ether oxygens (including phenoxy) is 1. The third-order valence-electron chi connectivity index (χ3n) is 2.57. The van der Waals surface area contributed by atoms with Gasteiger partial charge in [0.15, 0.2) is 5.96 Å². The Morgan fingerprint density at radius 2 is 1.95 bits per heavy atom. The van der Waals surface area contributed by atoms with Crippen LogP contribution in [0.15, 0.2) is 29.3 Å². The van der Waals surface area contributed by atoms with E-state index in [1.807, 2.05) is 25.1 Å². The lowest BCUT2D eigenvalue weighted by Crippen LogP contribution is -2.37. The van der Waals surface area contributed by atoms with Crippen LogP contribution in [0.3, 0.4) is 0 Å². The molecule has 1 aromatic rings. The minimum absolute atomic E-state index is 0.620. The van der Waals surface area contributed by atoms with E-state index < -0.39 is 0 Å². The molecule has 0 amide bonds. The fourth-order valence-electron chi connectivity index (χ4n) is 1.68. The molecule has 0 aliphatic carbocycles. The van der Waals surface area contributed by atoms with Crippen molar-refractivity contribution >= 4 is 5.96 Å². The predicted molar refractivity (Wildman–Crippen MR) is 80.7 cm³/mol. The molecule has 0 radical (unpaired) electrons. The van der Waals surface area contributed by atoms with Crippen LogP contribution >= 0.6 is 0 Å². The van der Waals surface area contributed by atoms with Gasteiger partial charge in [-0.15, -0.1) is 0 Å². The summed E-state index contributed by atoms with van der Waals surface area (Å²) in [5.74, 6) is 1.77. The van der Waals surface area contributed by atoms with Crippen LogP contribution in [0.4, 0.5) is 0 Å². The zero-order valence-corrected chi connectivity index (χ0v) is 12.2. The summed E-state index contributed by atoms with van der Waals surface area (Å²) < 4.78 is 5.60. The Labute approximate surface area is 116 Å². The normalized spacial score (nSPS) is 11.2. The van der Waals surface area contributed by atoms with Gasteiger partial charge in [0.1, 0.15) is 5.75 Å². The van der Waals surface area contributed by atoms with E-state index in [1.54, 1.807) is 0 Å². The maximum Gasteiger partial charge on any atom is 0.191 e. The smallest absolute Gasteiger partial charge is 0.191 e. The van der Waals surface area contributed by atoms with Gasteiger partial charge in [0.2, 0.25) is 0 Å². The van der Waals surface area contributed by atoms with Crippen LogP contribution in [0.5, 0.6) is 5.75 Å². The highest BCUT2D eigenvalue weighted by atomic mass is 16.5. The van der Waals surface area contributed by atoms with Crippen LogP contribution in [0.2, 0.25) is 0 Å². The molecule has 0 heterocycles. The lowest BCUT2D eigenvalue weighted by molar-refractivity contribution is 0.336. The molecule has 0 saturated heterocycles. The van der Waals surface area contributed by atoms with Crippen molar-refractivity contribution in [3.63, 3.8) is 0 Å². The van der Waals surface area contributed by atoms with Crippen LogP contribution in [0.1, 0.15) is 32.8 Å². The maximum atomic E-state index is 5.60. The quantitative estimate of drug-likeness (QED) is 0.587. The predicted octanol–water partition coefficient (Wildman–Crippen LogP) is 2.55. The maximum absolute atomic E-state index is 5.60. The number of para-hydroxylation sites is 1. The zero-order chi connectivity index (χ0) is 13.9. The van der Waals surface area contributed by atoms with Gasteiger partial charge in [-0.25, -0.2) is 4.99 Å². The molecule has 0 bridgehead atoms. The molecule has 0 atom stereocenters. The highest BCUT2D eigenvalue weighted by molar-refractivity contribution is 5.79. The van der Waals surface area contributed by atoms with Crippen molar-refractivity contribution in [2.75, 3.05) is 19.7 Å². The first-order valence-corrected chi connectivity index (χ1v) is 7.04. The third-order valence-corrected chi connectivity index (χ3v) is 2.57. The molecule has 0 fully saturated rings. The van der Waals surface area contributed by atoms with Crippen molar-refractivity contribution in [3.05, 3.63) is 29.8 Å². The molecule has 0 saturated carbocycles. The molecule has 2 N–H and O–H groups in total. The highest BCUT2D eigenvalue weighted by Gasteiger charge is 2.02.